The molecule has 3 fully saturated rings. The number of nitrogens with one attached hydrogen (secondary N) is 1. The van der Waals surface area contributed by atoms with Gasteiger partial charge < -0.3 is 10.2 Å². The normalized spacial score (nSPS) is 45.4. The zero-order valence-corrected chi connectivity index (χ0v) is 8.92. The Labute approximate surface area is 84.8 Å². The third-order valence-electron chi connectivity index (χ3n) is 4.54. The first-order chi connectivity index (χ1) is 6.65. The minimum atomic E-state index is 0.335. The van der Waals surface area contributed by atoms with Crippen LogP contribution in [0, 0.1) is 17.3 Å². The molecule has 1 spiro atoms. The molecule has 0 aromatic heterocycles. The maximum Gasteiger partial charge on any atom is 0.226 e. The fourth-order valence-electron chi connectivity index (χ4n) is 3.59. The summed E-state index contributed by atoms with van der Waals surface area (Å²) in [5, 5.41) is 3.45. The lowest BCUT2D eigenvalue weighted by atomic mass is 9.56. The average Bonchev–Trinajstić information content (AvgIpc) is 2.52. The van der Waals surface area contributed by atoms with Crippen molar-refractivity contribution in [2.24, 2.45) is 17.3 Å². The number of carbonyl (C=O) groups excluding carboxylic acids is 1. The zero-order valence-electron chi connectivity index (χ0n) is 8.92. The van der Waals surface area contributed by atoms with E-state index >= 15 is 0 Å². The van der Waals surface area contributed by atoms with Gasteiger partial charge in [-0.05, 0) is 32.7 Å². The Balaban J connectivity index is 1.89. The summed E-state index contributed by atoms with van der Waals surface area (Å²) >= 11 is 0. The Bertz CT molecular complexity index is 285. The van der Waals surface area contributed by atoms with Gasteiger partial charge in [0.05, 0.1) is 0 Å². The maximum atomic E-state index is 12.0. The van der Waals surface area contributed by atoms with Crippen molar-refractivity contribution in [3.63, 3.8) is 0 Å². The fraction of sp³-hybridized carbons (Fsp3) is 0.909. The van der Waals surface area contributed by atoms with Crippen molar-refractivity contribution in [2.75, 3.05) is 19.6 Å². The van der Waals surface area contributed by atoms with E-state index in [2.05, 4.69) is 24.1 Å². The molecule has 2 saturated heterocycles. The summed E-state index contributed by atoms with van der Waals surface area (Å²) in [5.74, 6) is 1.55. The first kappa shape index (κ1) is 8.72. The molecule has 3 unspecified atom stereocenters. The molecule has 1 amide bonds. The predicted molar refractivity (Wildman–Crippen MR) is 53.7 cm³/mol. The Morgan fingerprint density at radius 3 is 3.00 bits per heavy atom. The van der Waals surface area contributed by atoms with E-state index < -0.39 is 0 Å². The second-order valence-electron chi connectivity index (χ2n) is 5.41. The molecular formula is C11H18N2O. The van der Waals surface area contributed by atoms with Crippen LogP contribution in [-0.2, 0) is 4.79 Å². The summed E-state index contributed by atoms with van der Waals surface area (Å²) < 4.78 is 0. The largest absolute Gasteiger partial charge is 0.339 e. The van der Waals surface area contributed by atoms with Crippen LogP contribution in [0.5, 0.6) is 0 Å². The summed E-state index contributed by atoms with van der Waals surface area (Å²) in [6.07, 6.45) is 1.13. The van der Waals surface area contributed by atoms with Gasteiger partial charge in [-0.15, -0.1) is 0 Å². The average molecular weight is 194 g/mol. The lowest BCUT2D eigenvalue weighted by Crippen LogP contribution is -2.48. The maximum absolute atomic E-state index is 12.0. The molecule has 2 heterocycles. The molecule has 1 N–H and O–H groups in total. The molecular weight excluding hydrogens is 176 g/mol. The lowest BCUT2D eigenvalue weighted by Gasteiger charge is -2.45. The van der Waals surface area contributed by atoms with Crippen LogP contribution < -0.4 is 5.32 Å². The van der Waals surface area contributed by atoms with Crippen molar-refractivity contribution in [3.8, 4) is 0 Å². The van der Waals surface area contributed by atoms with Gasteiger partial charge in [0.2, 0.25) is 5.91 Å². The third kappa shape index (κ3) is 0.800. The zero-order chi connectivity index (χ0) is 9.92. The number of nitrogens with zero attached hydrogens (tertiary/aromatic N) is 1. The van der Waals surface area contributed by atoms with Crippen molar-refractivity contribution >= 4 is 5.91 Å². The molecule has 0 aromatic carbocycles. The minimum absolute atomic E-state index is 0.335. The quantitative estimate of drug-likeness (QED) is 0.658. The lowest BCUT2D eigenvalue weighted by molar-refractivity contribution is -0.136. The van der Waals surface area contributed by atoms with Crippen LogP contribution in [0.4, 0.5) is 0 Å². The molecule has 3 aliphatic rings. The summed E-state index contributed by atoms with van der Waals surface area (Å²) in [4.78, 5) is 14.1. The van der Waals surface area contributed by atoms with Crippen LogP contribution in [0.25, 0.3) is 0 Å². The van der Waals surface area contributed by atoms with Gasteiger partial charge in [-0.25, -0.2) is 0 Å². The van der Waals surface area contributed by atoms with Crippen LogP contribution in [0.15, 0.2) is 0 Å². The molecule has 78 valence electrons. The van der Waals surface area contributed by atoms with Gasteiger partial charge >= 0.3 is 0 Å². The van der Waals surface area contributed by atoms with Crippen molar-refractivity contribution in [1.29, 1.82) is 0 Å². The van der Waals surface area contributed by atoms with Gasteiger partial charge in [-0.2, -0.15) is 0 Å². The van der Waals surface area contributed by atoms with Crippen LogP contribution in [0.2, 0.25) is 0 Å². The molecule has 0 bridgehead atoms. The Kier molecular flexibility index (Phi) is 1.56. The first-order valence-corrected chi connectivity index (χ1v) is 5.66. The predicted octanol–water partition coefficient (Wildman–Crippen LogP) is 0.463. The molecule has 3 nitrogen and oxygen atoms in total. The second-order valence-corrected chi connectivity index (χ2v) is 5.41. The summed E-state index contributed by atoms with van der Waals surface area (Å²) in [5.41, 5.74) is 0.335. The monoisotopic (exact) mass is 194 g/mol. The van der Waals surface area contributed by atoms with Gasteiger partial charge in [0.15, 0.2) is 0 Å². The van der Waals surface area contributed by atoms with Crippen LogP contribution in [0.1, 0.15) is 20.3 Å². The standard InChI is InChI=1S/C11H18N2O/c1-7(2)13-6-11-5-12-4-8(11)3-9(11)10(13)14/h7-9,12H,3-6H2,1-2H3. The number of hydrogen-bond donors (Lipinski definition) is 1. The highest BCUT2D eigenvalue weighted by Gasteiger charge is 2.65. The van der Waals surface area contributed by atoms with E-state index in [0.29, 0.717) is 23.3 Å². The van der Waals surface area contributed by atoms with Gasteiger partial charge in [-0.3, -0.25) is 4.79 Å². The van der Waals surface area contributed by atoms with Crippen LogP contribution in [-0.4, -0.2) is 36.5 Å². The molecule has 14 heavy (non-hydrogen) atoms. The van der Waals surface area contributed by atoms with Gasteiger partial charge in [0, 0.05) is 30.5 Å². The summed E-state index contributed by atoms with van der Waals surface area (Å²) in [6, 6.07) is 0.378. The molecule has 0 radical (unpaired) electrons. The van der Waals surface area contributed by atoms with Crippen molar-refractivity contribution in [1.82, 2.24) is 10.2 Å². The Hall–Kier alpha value is -0.570. The first-order valence-electron chi connectivity index (χ1n) is 5.66. The minimum Gasteiger partial charge on any atom is -0.339 e. The van der Waals surface area contributed by atoms with E-state index in [0.717, 1.165) is 32.0 Å². The van der Waals surface area contributed by atoms with Crippen molar-refractivity contribution in [2.45, 2.75) is 26.3 Å². The third-order valence-corrected chi connectivity index (χ3v) is 4.54. The van der Waals surface area contributed by atoms with Gasteiger partial charge in [0.25, 0.3) is 0 Å². The second kappa shape index (κ2) is 2.51. The molecule has 1 saturated carbocycles. The van der Waals surface area contributed by atoms with Crippen molar-refractivity contribution < 1.29 is 4.79 Å². The number of hydrogen-bond acceptors (Lipinski definition) is 2. The smallest absolute Gasteiger partial charge is 0.226 e. The number of likely N-dealkylation sites (tertiary alicyclic amines) is 1. The Morgan fingerprint density at radius 1 is 1.57 bits per heavy atom. The van der Waals surface area contributed by atoms with Crippen LogP contribution in [0.3, 0.4) is 0 Å². The molecule has 3 heteroatoms. The van der Waals surface area contributed by atoms with E-state index in [1.165, 1.54) is 0 Å². The highest BCUT2D eigenvalue weighted by molar-refractivity contribution is 5.84. The number of amides is 1. The molecule has 1 aliphatic carbocycles. The molecule has 3 rings (SSSR count). The topological polar surface area (TPSA) is 32.3 Å². The fourth-order valence-corrected chi connectivity index (χ4v) is 3.59. The molecule has 3 atom stereocenters. The summed E-state index contributed by atoms with van der Waals surface area (Å²) in [7, 11) is 0. The van der Waals surface area contributed by atoms with Crippen molar-refractivity contribution in [3.05, 3.63) is 0 Å². The van der Waals surface area contributed by atoms with E-state index in [1.807, 2.05) is 0 Å². The summed E-state index contributed by atoms with van der Waals surface area (Å²) in [6.45, 7) is 7.45. The SMILES string of the molecule is CC(C)N1CC23CNCC2CC3C1=O. The highest BCUT2D eigenvalue weighted by Crippen LogP contribution is 2.58. The molecule has 2 aliphatic heterocycles. The van der Waals surface area contributed by atoms with Crippen LogP contribution >= 0.6 is 0 Å². The highest BCUT2D eigenvalue weighted by atomic mass is 16.2. The Morgan fingerprint density at radius 2 is 2.36 bits per heavy atom. The number of rotatable bonds is 1. The number of carbonyl (C=O) groups is 1. The van der Waals surface area contributed by atoms with Gasteiger partial charge in [0.1, 0.15) is 0 Å². The van der Waals surface area contributed by atoms with Gasteiger partial charge in [-0.1, -0.05) is 0 Å². The van der Waals surface area contributed by atoms with E-state index in [9.17, 15) is 4.79 Å². The van der Waals surface area contributed by atoms with E-state index in [-0.39, 0.29) is 0 Å². The van der Waals surface area contributed by atoms with E-state index in [4.69, 9.17) is 0 Å². The molecule has 0 aromatic rings. The van der Waals surface area contributed by atoms with E-state index in [1.54, 1.807) is 0 Å².